The monoisotopic (exact) mass is 299 g/mol. The van der Waals surface area contributed by atoms with Crippen molar-refractivity contribution in [2.45, 2.75) is 26.8 Å². The number of aliphatic hydroxyl groups excluding tert-OH is 1. The Kier molecular flexibility index (Phi) is 5.63. The third-order valence-corrected chi connectivity index (χ3v) is 3.88. The summed E-state index contributed by atoms with van der Waals surface area (Å²) in [7, 11) is 1.95. The molecule has 2 unspecified atom stereocenters. The van der Waals surface area contributed by atoms with Crippen LogP contribution in [0, 0.1) is 18.8 Å². The molecule has 0 aliphatic carbocycles. The molecule has 0 aliphatic heterocycles. The number of aryl methyl sites for hydroxylation is 1. The maximum atomic E-state index is 9.57. The van der Waals surface area contributed by atoms with E-state index in [2.05, 4.69) is 60.2 Å². The molecule has 0 bridgehead atoms. The van der Waals surface area contributed by atoms with Gasteiger partial charge in [0.2, 0.25) is 0 Å². The summed E-state index contributed by atoms with van der Waals surface area (Å²) in [5, 5.41) is 12.9. The van der Waals surface area contributed by atoms with Gasteiger partial charge in [0.25, 0.3) is 0 Å². The minimum Gasteiger partial charge on any atom is -0.396 e. The third-order valence-electron chi connectivity index (χ3n) is 3.38. The van der Waals surface area contributed by atoms with Gasteiger partial charge in [0, 0.05) is 23.0 Å². The lowest BCUT2D eigenvalue weighted by Crippen LogP contribution is -2.31. The van der Waals surface area contributed by atoms with E-state index in [1.165, 1.54) is 11.1 Å². The van der Waals surface area contributed by atoms with Crippen molar-refractivity contribution >= 4 is 15.9 Å². The van der Waals surface area contributed by atoms with E-state index in [4.69, 9.17) is 0 Å². The third kappa shape index (κ3) is 3.54. The van der Waals surface area contributed by atoms with Crippen LogP contribution in [-0.4, -0.2) is 18.8 Å². The maximum absolute atomic E-state index is 9.57. The molecule has 17 heavy (non-hydrogen) atoms. The van der Waals surface area contributed by atoms with Gasteiger partial charge in [0.05, 0.1) is 0 Å². The van der Waals surface area contributed by atoms with Crippen molar-refractivity contribution in [3.8, 4) is 0 Å². The van der Waals surface area contributed by atoms with Crippen LogP contribution in [-0.2, 0) is 0 Å². The van der Waals surface area contributed by atoms with Crippen LogP contribution in [0.3, 0.4) is 0 Å². The molecular formula is C14H22BrNO. The minimum absolute atomic E-state index is 0.192. The van der Waals surface area contributed by atoms with Crippen molar-refractivity contribution in [1.82, 2.24) is 5.32 Å². The Hall–Kier alpha value is -0.380. The van der Waals surface area contributed by atoms with Crippen LogP contribution in [0.4, 0.5) is 0 Å². The molecule has 1 rings (SSSR count). The Morgan fingerprint density at radius 1 is 1.35 bits per heavy atom. The molecule has 0 spiro atoms. The summed E-state index contributed by atoms with van der Waals surface area (Å²) < 4.78 is 1.08. The van der Waals surface area contributed by atoms with Crippen molar-refractivity contribution in [2.24, 2.45) is 11.8 Å². The van der Waals surface area contributed by atoms with Crippen LogP contribution < -0.4 is 5.32 Å². The van der Waals surface area contributed by atoms with Crippen molar-refractivity contribution < 1.29 is 5.11 Å². The average Bonchev–Trinajstić information content (AvgIpc) is 2.28. The molecule has 0 amide bonds. The Morgan fingerprint density at radius 2 is 2.00 bits per heavy atom. The lowest BCUT2D eigenvalue weighted by molar-refractivity contribution is 0.154. The average molecular weight is 300 g/mol. The molecule has 1 aromatic carbocycles. The summed E-state index contributed by atoms with van der Waals surface area (Å²) in [6.45, 7) is 6.62. The molecule has 2 N–H and O–H groups in total. The van der Waals surface area contributed by atoms with Gasteiger partial charge in [-0.15, -0.1) is 0 Å². The summed E-state index contributed by atoms with van der Waals surface area (Å²) in [4.78, 5) is 0. The normalized spacial score (nSPS) is 15.0. The minimum atomic E-state index is 0.192. The van der Waals surface area contributed by atoms with Gasteiger partial charge in [-0.25, -0.2) is 0 Å². The number of hydrogen-bond donors (Lipinski definition) is 2. The summed E-state index contributed by atoms with van der Waals surface area (Å²) >= 11 is 3.51. The Bertz CT molecular complexity index is 365. The number of nitrogens with one attached hydrogen (secondary N) is 1. The summed E-state index contributed by atoms with van der Waals surface area (Å²) in [6, 6.07) is 6.49. The molecule has 0 saturated heterocycles. The lowest BCUT2D eigenvalue weighted by atomic mass is 9.83. The number of hydrogen-bond acceptors (Lipinski definition) is 2. The van der Waals surface area contributed by atoms with Gasteiger partial charge in [0.1, 0.15) is 0 Å². The van der Waals surface area contributed by atoms with Gasteiger partial charge in [-0.1, -0.05) is 35.8 Å². The van der Waals surface area contributed by atoms with Gasteiger partial charge < -0.3 is 10.4 Å². The first-order chi connectivity index (χ1) is 8.01. The molecule has 0 aromatic heterocycles. The zero-order valence-corrected chi connectivity index (χ0v) is 12.6. The molecule has 0 saturated carbocycles. The second-order valence-electron chi connectivity index (χ2n) is 4.86. The molecule has 3 heteroatoms. The molecule has 96 valence electrons. The number of halogens is 1. The van der Waals surface area contributed by atoms with E-state index in [1.54, 1.807) is 0 Å². The molecule has 0 fully saturated rings. The van der Waals surface area contributed by atoms with Crippen LogP contribution in [0.25, 0.3) is 0 Å². The first-order valence-electron chi connectivity index (χ1n) is 6.05. The van der Waals surface area contributed by atoms with Crippen molar-refractivity contribution in [1.29, 1.82) is 0 Å². The topological polar surface area (TPSA) is 32.3 Å². The SMILES string of the molecule is CNC(c1cc(Br)ccc1C)C(CO)C(C)C. The van der Waals surface area contributed by atoms with E-state index in [0.29, 0.717) is 5.92 Å². The standard InChI is InChI=1S/C14H22BrNO/c1-9(2)13(8-17)14(16-4)12-7-11(15)6-5-10(12)3/h5-7,9,13-14,16-17H,8H2,1-4H3. The Morgan fingerprint density at radius 3 is 2.47 bits per heavy atom. The predicted octanol–water partition coefficient (Wildman–Crippen LogP) is 3.28. The highest BCUT2D eigenvalue weighted by Crippen LogP contribution is 2.31. The van der Waals surface area contributed by atoms with Crippen molar-refractivity contribution in [3.05, 3.63) is 33.8 Å². The number of rotatable bonds is 5. The van der Waals surface area contributed by atoms with E-state index in [-0.39, 0.29) is 18.6 Å². The molecule has 0 radical (unpaired) electrons. The van der Waals surface area contributed by atoms with E-state index >= 15 is 0 Å². The fourth-order valence-electron chi connectivity index (χ4n) is 2.25. The van der Waals surface area contributed by atoms with Gasteiger partial charge in [-0.05, 0) is 43.1 Å². The van der Waals surface area contributed by atoms with Gasteiger partial charge in [-0.3, -0.25) is 0 Å². The van der Waals surface area contributed by atoms with E-state index in [9.17, 15) is 5.11 Å². The molecule has 1 aromatic rings. The van der Waals surface area contributed by atoms with Crippen LogP contribution in [0.2, 0.25) is 0 Å². The quantitative estimate of drug-likeness (QED) is 0.874. The summed E-state index contributed by atoms with van der Waals surface area (Å²) in [5.74, 6) is 0.670. The highest BCUT2D eigenvalue weighted by Gasteiger charge is 2.25. The van der Waals surface area contributed by atoms with Crippen LogP contribution >= 0.6 is 15.9 Å². The van der Waals surface area contributed by atoms with Gasteiger partial charge >= 0.3 is 0 Å². The largest absolute Gasteiger partial charge is 0.396 e. The first-order valence-corrected chi connectivity index (χ1v) is 6.84. The molecule has 2 atom stereocenters. The molecule has 2 nitrogen and oxygen atoms in total. The van der Waals surface area contributed by atoms with Gasteiger partial charge in [-0.2, -0.15) is 0 Å². The van der Waals surface area contributed by atoms with E-state index < -0.39 is 0 Å². The molecule has 0 aliphatic rings. The van der Waals surface area contributed by atoms with Crippen LogP contribution in [0.1, 0.15) is 31.0 Å². The van der Waals surface area contributed by atoms with Gasteiger partial charge in [0.15, 0.2) is 0 Å². The molecule has 0 heterocycles. The summed E-state index contributed by atoms with van der Waals surface area (Å²) in [6.07, 6.45) is 0. The number of aliphatic hydroxyl groups is 1. The highest BCUT2D eigenvalue weighted by atomic mass is 79.9. The second kappa shape index (κ2) is 6.53. The molecular weight excluding hydrogens is 278 g/mol. The van der Waals surface area contributed by atoms with Crippen molar-refractivity contribution in [2.75, 3.05) is 13.7 Å². The highest BCUT2D eigenvalue weighted by molar-refractivity contribution is 9.10. The predicted molar refractivity (Wildman–Crippen MR) is 76.1 cm³/mol. The Labute approximate surface area is 113 Å². The summed E-state index contributed by atoms with van der Waals surface area (Å²) in [5.41, 5.74) is 2.52. The fourth-order valence-corrected chi connectivity index (χ4v) is 2.63. The first kappa shape index (κ1) is 14.7. The second-order valence-corrected chi connectivity index (χ2v) is 5.77. The van der Waals surface area contributed by atoms with E-state index in [0.717, 1.165) is 4.47 Å². The zero-order valence-electron chi connectivity index (χ0n) is 11.0. The van der Waals surface area contributed by atoms with E-state index in [1.807, 2.05) is 7.05 Å². The Balaban J connectivity index is 3.11. The zero-order chi connectivity index (χ0) is 13.0. The van der Waals surface area contributed by atoms with Crippen LogP contribution in [0.5, 0.6) is 0 Å². The smallest absolute Gasteiger partial charge is 0.0479 e. The number of benzene rings is 1. The fraction of sp³-hybridized carbons (Fsp3) is 0.571. The van der Waals surface area contributed by atoms with Crippen LogP contribution in [0.15, 0.2) is 22.7 Å². The van der Waals surface area contributed by atoms with Crippen molar-refractivity contribution in [3.63, 3.8) is 0 Å². The lowest BCUT2D eigenvalue weighted by Gasteiger charge is -2.30. The maximum Gasteiger partial charge on any atom is 0.0479 e.